The molecule has 3 nitrogen and oxygen atoms in total. The van der Waals surface area contributed by atoms with Crippen molar-refractivity contribution in [2.75, 3.05) is 4.90 Å². The van der Waals surface area contributed by atoms with Gasteiger partial charge in [-0.3, -0.25) is 14.5 Å². The molecule has 0 spiro atoms. The molecule has 0 saturated carbocycles. The number of anilines is 1. The van der Waals surface area contributed by atoms with Crippen molar-refractivity contribution in [3.63, 3.8) is 0 Å². The average molecular weight is 300 g/mol. The van der Waals surface area contributed by atoms with Crippen LogP contribution in [0, 0.1) is 5.92 Å². The van der Waals surface area contributed by atoms with E-state index in [1.807, 2.05) is 30.3 Å². The van der Waals surface area contributed by atoms with E-state index < -0.39 is 0 Å². The molecule has 3 rings (SSSR count). The van der Waals surface area contributed by atoms with E-state index in [-0.39, 0.29) is 24.2 Å². The third-order valence-corrected chi connectivity index (χ3v) is 3.90. The van der Waals surface area contributed by atoms with Gasteiger partial charge in [-0.2, -0.15) is 0 Å². The van der Waals surface area contributed by atoms with E-state index in [1.165, 1.54) is 4.90 Å². The third-order valence-electron chi connectivity index (χ3n) is 3.65. The van der Waals surface area contributed by atoms with Gasteiger partial charge in [0.15, 0.2) is 0 Å². The number of imide groups is 1. The van der Waals surface area contributed by atoms with Gasteiger partial charge in [-0.25, -0.2) is 0 Å². The first-order chi connectivity index (χ1) is 10.1. The molecule has 0 radical (unpaired) electrons. The van der Waals surface area contributed by atoms with Crippen LogP contribution in [0.2, 0.25) is 5.02 Å². The number of hydrogen-bond donors (Lipinski definition) is 0. The second-order valence-electron chi connectivity index (χ2n) is 5.13. The maximum atomic E-state index is 12.5. The summed E-state index contributed by atoms with van der Waals surface area (Å²) in [6.45, 7) is 0. The second kappa shape index (κ2) is 5.70. The maximum absolute atomic E-state index is 12.5. The van der Waals surface area contributed by atoms with Crippen LogP contribution in [0.1, 0.15) is 12.0 Å². The normalized spacial score (nSPS) is 18.3. The van der Waals surface area contributed by atoms with Crippen LogP contribution in [0.15, 0.2) is 54.6 Å². The number of amides is 2. The molecule has 106 valence electrons. The molecule has 1 atom stereocenters. The summed E-state index contributed by atoms with van der Waals surface area (Å²) in [6.07, 6.45) is 0.821. The largest absolute Gasteiger partial charge is 0.274 e. The Bertz CT molecular complexity index is 667. The Labute approximate surface area is 128 Å². The van der Waals surface area contributed by atoms with Gasteiger partial charge in [0.25, 0.3) is 0 Å². The first-order valence-electron chi connectivity index (χ1n) is 6.81. The molecule has 2 amide bonds. The van der Waals surface area contributed by atoms with E-state index in [4.69, 9.17) is 11.6 Å². The quantitative estimate of drug-likeness (QED) is 0.814. The molecule has 0 unspecified atom stereocenters. The van der Waals surface area contributed by atoms with Crippen molar-refractivity contribution in [2.24, 2.45) is 5.92 Å². The molecular weight excluding hydrogens is 286 g/mol. The van der Waals surface area contributed by atoms with E-state index >= 15 is 0 Å². The monoisotopic (exact) mass is 299 g/mol. The number of hydrogen-bond acceptors (Lipinski definition) is 2. The lowest BCUT2D eigenvalue weighted by Gasteiger charge is -2.14. The van der Waals surface area contributed by atoms with Crippen LogP contribution in [0.25, 0.3) is 0 Å². The van der Waals surface area contributed by atoms with Crippen molar-refractivity contribution < 1.29 is 9.59 Å². The number of carbonyl (C=O) groups excluding carboxylic acids is 2. The van der Waals surface area contributed by atoms with E-state index in [0.717, 1.165) is 5.56 Å². The molecule has 4 heteroatoms. The molecular formula is C17H14ClNO2. The zero-order chi connectivity index (χ0) is 14.8. The molecule has 21 heavy (non-hydrogen) atoms. The van der Waals surface area contributed by atoms with Gasteiger partial charge >= 0.3 is 0 Å². The van der Waals surface area contributed by atoms with Crippen molar-refractivity contribution in [1.29, 1.82) is 0 Å². The van der Waals surface area contributed by atoms with Gasteiger partial charge in [-0.15, -0.1) is 0 Å². The van der Waals surface area contributed by atoms with Crippen LogP contribution in [-0.2, 0) is 16.0 Å². The van der Waals surface area contributed by atoms with Crippen molar-refractivity contribution in [3.05, 3.63) is 65.2 Å². The molecule has 1 heterocycles. The summed E-state index contributed by atoms with van der Waals surface area (Å²) < 4.78 is 0. The standard InChI is InChI=1S/C17H14ClNO2/c18-14-8-6-12(7-9-14)10-13-11-16(20)19(17(13)21)15-4-2-1-3-5-15/h1-9,13H,10-11H2/t13-/m0/s1. The van der Waals surface area contributed by atoms with Crippen LogP contribution < -0.4 is 4.90 Å². The van der Waals surface area contributed by atoms with Crippen molar-refractivity contribution >= 4 is 29.1 Å². The molecule has 0 aliphatic carbocycles. The SMILES string of the molecule is O=C1C[C@H](Cc2ccc(Cl)cc2)C(=O)N1c1ccccc1. The lowest BCUT2D eigenvalue weighted by atomic mass is 9.98. The summed E-state index contributed by atoms with van der Waals surface area (Å²) in [5.41, 5.74) is 1.66. The Morgan fingerprint density at radius 3 is 2.33 bits per heavy atom. The van der Waals surface area contributed by atoms with Crippen molar-refractivity contribution in [3.8, 4) is 0 Å². The van der Waals surface area contributed by atoms with Gasteiger partial charge in [-0.05, 0) is 36.2 Å². The highest BCUT2D eigenvalue weighted by atomic mass is 35.5. The topological polar surface area (TPSA) is 37.4 Å². The summed E-state index contributed by atoms with van der Waals surface area (Å²) in [4.78, 5) is 25.9. The number of halogens is 1. The molecule has 2 aromatic carbocycles. The predicted octanol–water partition coefficient (Wildman–Crippen LogP) is 3.46. The van der Waals surface area contributed by atoms with E-state index in [0.29, 0.717) is 17.1 Å². The van der Waals surface area contributed by atoms with E-state index in [9.17, 15) is 9.59 Å². The van der Waals surface area contributed by atoms with Gasteiger partial charge in [-0.1, -0.05) is 41.9 Å². The summed E-state index contributed by atoms with van der Waals surface area (Å²) in [5, 5.41) is 0.665. The minimum atomic E-state index is -0.293. The third kappa shape index (κ3) is 2.83. The Morgan fingerprint density at radius 1 is 1.00 bits per heavy atom. The second-order valence-corrected chi connectivity index (χ2v) is 5.57. The highest BCUT2D eigenvalue weighted by Crippen LogP contribution is 2.28. The van der Waals surface area contributed by atoms with Crippen molar-refractivity contribution in [2.45, 2.75) is 12.8 Å². The number of rotatable bonds is 3. The number of carbonyl (C=O) groups is 2. The zero-order valence-electron chi connectivity index (χ0n) is 11.3. The lowest BCUT2D eigenvalue weighted by molar-refractivity contribution is -0.122. The first kappa shape index (κ1) is 13.8. The minimum absolute atomic E-state index is 0.124. The van der Waals surface area contributed by atoms with Gasteiger partial charge < -0.3 is 0 Å². The Hall–Kier alpha value is -2.13. The number of para-hydroxylation sites is 1. The van der Waals surface area contributed by atoms with Crippen molar-refractivity contribution in [1.82, 2.24) is 0 Å². The lowest BCUT2D eigenvalue weighted by Crippen LogP contribution is -2.30. The van der Waals surface area contributed by atoms with Gasteiger partial charge in [0.2, 0.25) is 11.8 Å². The van der Waals surface area contributed by atoms with E-state index in [2.05, 4.69) is 0 Å². The van der Waals surface area contributed by atoms with Crippen LogP contribution in [0.5, 0.6) is 0 Å². The molecule has 0 bridgehead atoms. The fraction of sp³-hybridized carbons (Fsp3) is 0.176. The summed E-state index contributed by atoms with van der Waals surface area (Å²) in [6, 6.07) is 16.4. The first-order valence-corrected chi connectivity index (χ1v) is 7.19. The minimum Gasteiger partial charge on any atom is -0.274 e. The van der Waals surface area contributed by atoms with Gasteiger partial charge in [0.05, 0.1) is 11.6 Å². The fourth-order valence-electron chi connectivity index (χ4n) is 2.61. The summed E-state index contributed by atoms with van der Waals surface area (Å²) in [5.74, 6) is -0.551. The molecule has 1 aliphatic rings. The summed E-state index contributed by atoms with van der Waals surface area (Å²) >= 11 is 5.85. The van der Waals surface area contributed by atoms with Crippen LogP contribution in [-0.4, -0.2) is 11.8 Å². The Kier molecular flexibility index (Phi) is 3.76. The Balaban J connectivity index is 1.79. The van der Waals surface area contributed by atoms with Gasteiger partial charge in [0, 0.05) is 11.4 Å². The highest BCUT2D eigenvalue weighted by molar-refractivity contribution is 6.30. The van der Waals surface area contributed by atoms with Crippen LogP contribution in [0.4, 0.5) is 5.69 Å². The maximum Gasteiger partial charge on any atom is 0.237 e. The molecule has 0 aromatic heterocycles. The molecule has 0 N–H and O–H groups in total. The fourth-order valence-corrected chi connectivity index (χ4v) is 2.73. The van der Waals surface area contributed by atoms with Crippen LogP contribution >= 0.6 is 11.6 Å². The van der Waals surface area contributed by atoms with E-state index in [1.54, 1.807) is 24.3 Å². The van der Waals surface area contributed by atoms with Gasteiger partial charge in [0.1, 0.15) is 0 Å². The summed E-state index contributed by atoms with van der Waals surface area (Å²) in [7, 11) is 0. The number of benzene rings is 2. The highest BCUT2D eigenvalue weighted by Gasteiger charge is 2.39. The average Bonchev–Trinajstić information content (AvgIpc) is 2.77. The molecule has 1 fully saturated rings. The van der Waals surface area contributed by atoms with Crippen LogP contribution in [0.3, 0.4) is 0 Å². The zero-order valence-corrected chi connectivity index (χ0v) is 12.1. The predicted molar refractivity (Wildman–Crippen MR) is 82.2 cm³/mol. The number of nitrogens with zero attached hydrogens (tertiary/aromatic N) is 1. The molecule has 2 aromatic rings. The molecule has 1 aliphatic heterocycles. The molecule has 1 saturated heterocycles. The smallest absolute Gasteiger partial charge is 0.237 e. The Morgan fingerprint density at radius 2 is 1.67 bits per heavy atom.